The van der Waals surface area contributed by atoms with Gasteiger partial charge in [0.15, 0.2) is 0 Å². The van der Waals surface area contributed by atoms with Crippen molar-refractivity contribution in [3.05, 3.63) is 48.0 Å². The minimum atomic E-state index is -1.13. The molecule has 2 aliphatic rings. The number of hydroxylamine groups is 2. The van der Waals surface area contributed by atoms with Gasteiger partial charge < -0.3 is 36.5 Å². The second-order valence-electron chi connectivity index (χ2n) is 15.4. The summed E-state index contributed by atoms with van der Waals surface area (Å²) in [6, 6.07) is 11.3. The second kappa shape index (κ2) is 23.0. The van der Waals surface area contributed by atoms with Gasteiger partial charge in [-0.3, -0.25) is 24.0 Å². The Bertz CT molecular complexity index is 1760. The predicted molar refractivity (Wildman–Crippen MR) is 213 cm³/mol. The molecule has 0 spiro atoms. The maximum absolute atomic E-state index is 13.6. The lowest BCUT2D eigenvalue weighted by Crippen LogP contribution is -2.50. The summed E-state index contributed by atoms with van der Waals surface area (Å²) in [6.07, 6.45) is 5.79. The summed E-state index contributed by atoms with van der Waals surface area (Å²) in [6.45, 7) is 4.54. The number of carbonyl (C=O) groups is 8. The zero-order chi connectivity index (χ0) is 42.0. The molecule has 1 heterocycles. The van der Waals surface area contributed by atoms with Crippen LogP contribution >= 0.6 is 0 Å². The molecule has 0 radical (unpaired) electrons. The SMILES string of the molecule is CCC[C@H](C)NC(=O)N[C@@H](CCCCNC(=O)[C@H](Cc1ccc2ccccc2c1)NC(=O)C1CCC(CNC(=O)CCCC(=O)ON2C(=O)CCC2=O)CC1)C(=O)O. The van der Waals surface area contributed by atoms with E-state index in [2.05, 4.69) is 26.6 Å². The van der Waals surface area contributed by atoms with Crippen LogP contribution in [-0.4, -0.2) is 88.9 Å². The van der Waals surface area contributed by atoms with Crippen LogP contribution in [0.2, 0.25) is 0 Å². The first-order valence-electron chi connectivity index (χ1n) is 20.5. The number of rotatable bonds is 22. The third-order valence-corrected chi connectivity index (χ3v) is 10.6. The molecule has 316 valence electrons. The van der Waals surface area contributed by atoms with E-state index in [0.717, 1.165) is 29.2 Å². The van der Waals surface area contributed by atoms with Crippen LogP contribution in [0, 0.1) is 11.8 Å². The second-order valence-corrected chi connectivity index (χ2v) is 15.4. The van der Waals surface area contributed by atoms with Gasteiger partial charge in [-0.15, -0.1) is 5.06 Å². The molecule has 2 aromatic rings. The number of hydrogen-bond acceptors (Lipinski definition) is 9. The molecule has 58 heavy (non-hydrogen) atoms. The van der Waals surface area contributed by atoms with E-state index in [1.165, 1.54) is 0 Å². The lowest BCUT2D eigenvalue weighted by atomic mass is 9.81. The molecular formula is C42H58N6O10. The number of carbonyl (C=O) groups excluding carboxylic acids is 7. The lowest BCUT2D eigenvalue weighted by Gasteiger charge is -2.29. The molecular weight excluding hydrogens is 748 g/mol. The minimum Gasteiger partial charge on any atom is -0.480 e. The lowest BCUT2D eigenvalue weighted by molar-refractivity contribution is -0.197. The normalized spacial score (nSPS) is 18.1. The van der Waals surface area contributed by atoms with Crippen LogP contribution in [0.4, 0.5) is 4.79 Å². The zero-order valence-electron chi connectivity index (χ0n) is 33.5. The van der Waals surface area contributed by atoms with Crippen LogP contribution in [0.5, 0.6) is 0 Å². The summed E-state index contributed by atoms with van der Waals surface area (Å²) in [4.78, 5) is 104. The van der Waals surface area contributed by atoms with Crippen molar-refractivity contribution in [2.75, 3.05) is 13.1 Å². The van der Waals surface area contributed by atoms with E-state index in [0.29, 0.717) is 50.1 Å². The smallest absolute Gasteiger partial charge is 0.333 e. The molecule has 2 aromatic carbocycles. The monoisotopic (exact) mass is 806 g/mol. The van der Waals surface area contributed by atoms with Gasteiger partial charge in [-0.05, 0) is 87.0 Å². The van der Waals surface area contributed by atoms with Crippen molar-refractivity contribution in [2.24, 2.45) is 11.8 Å². The number of carboxylic acids is 1. The number of aliphatic carboxylic acids is 1. The average molecular weight is 807 g/mol. The van der Waals surface area contributed by atoms with Crippen LogP contribution in [0.3, 0.4) is 0 Å². The Hall–Kier alpha value is -5.54. The number of carboxylic acid groups (broad SMARTS) is 1. The van der Waals surface area contributed by atoms with Crippen LogP contribution in [0.15, 0.2) is 42.5 Å². The van der Waals surface area contributed by atoms with Gasteiger partial charge >= 0.3 is 18.0 Å². The van der Waals surface area contributed by atoms with Crippen LogP contribution in [0.1, 0.15) is 109 Å². The number of nitrogens with one attached hydrogen (secondary N) is 5. The number of urea groups is 1. The standard InChI is InChI=1S/C42H58N6O10/c1-3-9-27(2)45-42(57)47-33(41(55)56)12-6-7-23-43-40(54)34(25-29-17-18-30-10-4-5-11-32(30)24-29)46-39(53)31-19-15-28(16-20-31)26-44-35(49)13-8-14-38(52)58-48-36(50)21-22-37(48)51/h4-5,10-11,17-18,24,27-28,31,33-34H,3,6-9,12-16,19-23,25-26H2,1-2H3,(H,43,54)(H,44,49)(H,46,53)(H,55,56)(H2,45,47,57)/t27-,28?,31?,33-,34-/m0/s1. The zero-order valence-corrected chi connectivity index (χ0v) is 33.5. The Morgan fingerprint density at radius 3 is 2.21 bits per heavy atom. The van der Waals surface area contributed by atoms with Gasteiger partial charge in [0.25, 0.3) is 11.8 Å². The van der Waals surface area contributed by atoms with Gasteiger partial charge in [0.2, 0.25) is 17.7 Å². The third kappa shape index (κ3) is 14.8. The Morgan fingerprint density at radius 1 is 0.810 bits per heavy atom. The summed E-state index contributed by atoms with van der Waals surface area (Å²) >= 11 is 0. The quantitative estimate of drug-likeness (QED) is 0.0745. The molecule has 6 N–H and O–H groups in total. The average Bonchev–Trinajstić information content (AvgIpc) is 3.51. The summed E-state index contributed by atoms with van der Waals surface area (Å²) in [5, 5.41) is 26.3. The van der Waals surface area contributed by atoms with E-state index in [1.54, 1.807) is 0 Å². The van der Waals surface area contributed by atoms with Crippen LogP contribution in [0.25, 0.3) is 10.8 Å². The van der Waals surface area contributed by atoms with Crippen molar-refractivity contribution in [3.63, 3.8) is 0 Å². The summed E-state index contributed by atoms with van der Waals surface area (Å²) in [5.74, 6) is -3.93. The fourth-order valence-electron chi connectivity index (χ4n) is 7.27. The van der Waals surface area contributed by atoms with E-state index in [-0.39, 0.29) is 87.1 Å². The van der Waals surface area contributed by atoms with Crippen molar-refractivity contribution >= 4 is 58.3 Å². The number of benzene rings is 2. The first-order valence-corrected chi connectivity index (χ1v) is 20.5. The molecule has 1 saturated heterocycles. The maximum atomic E-state index is 13.6. The molecule has 0 bridgehead atoms. The Balaban J connectivity index is 1.22. The highest BCUT2D eigenvalue weighted by Crippen LogP contribution is 2.29. The number of fused-ring (bicyclic) bond motifs is 1. The van der Waals surface area contributed by atoms with E-state index in [4.69, 9.17) is 4.84 Å². The van der Waals surface area contributed by atoms with E-state index < -0.39 is 41.9 Å². The Morgan fingerprint density at radius 2 is 1.52 bits per heavy atom. The molecule has 4 rings (SSSR count). The molecule has 3 atom stereocenters. The van der Waals surface area contributed by atoms with Crippen LogP contribution < -0.4 is 26.6 Å². The predicted octanol–water partition coefficient (Wildman–Crippen LogP) is 3.79. The number of nitrogens with zero attached hydrogens (tertiary/aromatic N) is 1. The number of unbranched alkanes of at least 4 members (excludes halogenated alkanes) is 1. The summed E-state index contributed by atoms with van der Waals surface area (Å²) < 4.78 is 0. The largest absolute Gasteiger partial charge is 0.480 e. The van der Waals surface area contributed by atoms with E-state index >= 15 is 0 Å². The fourth-order valence-corrected chi connectivity index (χ4v) is 7.27. The topological polar surface area (TPSA) is 229 Å². The Labute approximate surface area is 338 Å². The first kappa shape index (κ1) is 45.2. The molecule has 0 unspecified atom stereocenters. The fraction of sp³-hybridized carbons (Fsp3) is 0.571. The molecule has 16 nitrogen and oxygen atoms in total. The van der Waals surface area contributed by atoms with Crippen molar-refractivity contribution < 1.29 is 48.3 Å². The van der Waals surface area contributed by atoms with E-state index in [9.17, 15) is 43.5 Å². The molecule has 0 aromatic heterocycles. The van der Waals surface area contributed by atoms with Crippen LogP contribution in [-0.2, 0) is 44.8 Å². The van der Waals surface area contributed by atoms with E-state index in [1.807, 2.05) is 56.3 Å². The summed E-state index contributed by atoms with van der Waals surface area (Å²) in [5.41, 5.74) is 0.884. The number of hydrogen-bond donors (Lipinski definition) is 6. The Kier molecular flexibility index (Phi) is 17.9. The minimum absolute atomic E-state index is 0.00805. The molecule has 7 amide bonds. The van der Waals surface area contributed by atoms with Crippen molar-refractivity contribution in [1.82, 2.24) is 31.6 Å². The van der Waals surface area contributed by atoms with Gasteiger partial charge in [-0.1, -0.05) is 55.8 Å². The van der Waals surface area contributed by atoms with Crippen molar-refractivity contribution in [3.8, 4) is 0 Å². The highest BCUT2D eigenvalue weighted by atomic mass is 16.7. The summed E-state index contributed by atoms with van der Waals surface area (Å²) in [7, 11) is 0. The third-order valence-electron chi connectivity index (χ3n) is 10.6. The highest BCUT2D eigenvalue weighted by Gasteiger charge is 2.33. The molecule has 1 saturated carbocycles. The van der Waals surface area contributed by atoms with Crippen molar-refractivity contribution in [1.29, 1.82) is 0 Å². The van der Waals surface area contributed by atoms with Gasteiger partial charge in [0.1, 0.15) is 12.1 Å². The van der Waals surface area contributed by atoms with Crippen molar-refractivity contribution in [2.45, 2.75) is 128 Å². The molecule has 2 fully saturated rings. The highest BCUT2D eigenvalue weighted by molar-refractivity contribution is 6.01. The van der Waals surface area contributed by atoms with Gasteiger partial charge in [0, 0.05) is 57.2 Å². The number of amides is 7. The maximum Gasteiger partial charge on any atom is 0.333 e. The molecule has 1 aliphatic carbocycles. The molecule has 16 heteroatoms. The van der Waals surface area contributed by atoms with Gasteiger partial charge in [-0.25, -0.2) is 14.4 Å². The molecule has 1 aliphatic heterocycles. The van der Waals surface area contributed by atoms with Gasteiger partial charge in [-0.2, -0.15) is 0 Å². The number of imide groups is 1. The first-order chi connectivity index (χ1) is 27.8. The van der Waals surface area contributed by atoms with Gasteiger partial charge in [0.05, 0.1) is 0 Å².